The lowest BCUT2D eigenvalue weighted by Gasteiger charge is -2.12. The molecule has 0 radical (unpaired) electrons. The summed E-state index contributed by atoms with van der Waals surface area (Å²) in [5, 5.41) is 15.1. The molecule has 0 aromatic carbocycles. The van der Waals surface area contributed by atoms with Gasteiger partial charge in [0, 0.05) is 43.0 Å². The number of nitrogens with two attached hydrogens (primary N) is 1. The second-order valence-electron chi connectivity index (χ2n) is 6.96. The first-order chi connectivity index (χ1) is 15.7. The van der Waals surface area contributed by atoms with Gasteiger partial charge in [0.25, 0.3) is 5.95 Å². The third-order valence-corrected chi connectivity index (χ3v) is 4.65. The van der Waals surface area contributed by atoms with Crippen molar-refractivity contribution in [3.63, 3.8) is 0 Å². The Morgan fingerprint density at radius 2 is 2.09 bits per heavy atom. The van der Waals surface area contributed by atoms with Crippen LogP contribution in [0.5, 0.6) is 0 Å². The van der Waals surface area contributed by atoms with Crippen LogP contribution in [0.1, 0.15) is 18.9 Å². The number of amidine groups is 1. The van der Waals surface area contributed by atoms with E-state index in [1.165, 1.54) is 16.9 Å². The predicted molar refractivity (Wildman–Crippen MR) is 113 cm³/mol. The molecule has 1 aliphatic rings. The Morgan fingerprint density at radius 3 is 2.82 bits per heavy atom. The van der Waals surface area contributed by atoms with Crippen molar-refractivity contribution in [1.29, 1.82) is 0 Å². The van der Waals surface area contributed by atoms with E-state index in [1.54, 1.807) is 17.3 Å². The Kier molecular flexibility index (Phi) is 5.87. The van der Waals surface area contributed by atoms with Crippen molar-refractivity contribution >= 4 is 29.3 Å². The zero-order valence-electron chi connectivity index (χ0n) is 17.3. The number of fused-ring (bicyclic) bond motifs is 1. The molecule has 1 aliphatic heterocycles. The molecule has 12 nitrogen and oxygen atoms in total. The standard InChI is InChI=1S/C18H20F3N11O/c1-2-32-28-13(27-30-32)5-6-23-17(33)26-16-25-14-4-3-10(9-31(14)29-16)11-7-12(18(19,20)21)15(22)24-8-11/h3-4,7-9,30H,2,5-6H2,1H3,(H2,22,24)(H,27,28)(H2,23,26,29,33). The minimum Gasteiger partial charge on any atom is -0.383 e. The normalized spacial score (nSPS) is 14.0. The van der Waals surface area contributed by atoms with Gasteiger partial charge in [-0.15, -0.1) is 15.3 Å². The smallest absolute Gasteiger partial charge is 0.383 e. The number of hydrazine groups is 2. The van der Waals surface area contributed by atoms with Crippen LogP contribution in [0.25, 0.3) is 16.8 Å². The van der Waals surface area contributed by atoms with Crippen LogP contribution in [0, 0.1) is 0 Å². The van der Waals surface area contributed by atoms with Crippen molar-refractivity contribution in [2.24, 2.45) is 5.10 Å². The lowest BCUT2D eigenvalue weighted by Crippen LogP contribution is -2.41. The Balaban J connectivity index is 1.41. The van der Waals surface area contributed by atoms with E-state index < -0.39 is 23.6 Å². The molecule has 174 valence electrons. The van der Waals surface area contributed by atoms with Gasteiger partial charge in [-0.05, 0) is 25.1 Å². The van der Waals surface area contributed by atoms with Crippen LogP contribution in [0.2, 0.25) is 0 Å². The molecule has 0 spiro atoms. The molecule has 15 heteroatoms. The summed E-state index contributed by atoms with van der Waals surface area (Å²) >= 11 is 0. The van der Waals surface area contributed by atoms with Crippen molar-refractivity contribution in [2.75, 3.05) is 24.1 Å². The molecule has 0 atom stereocenters. The van der Waals surface area contributed by atoms with Crippen LogP contribution < -0.4 is 27.3 Å². The molecular formula is C18H20F3N11O. The zero-order chi connectivity index (χ0) is 23.6. The number of nitrogen functional groups attached to an aromatic ring is 1. The molecule has 0 unspecified atom stereocenters. The molecule has 3 aromatic heterocycles. The van der Waals surface area contributed by atoms with E-state index in [0.717, 1.165) is 6.07 Å². The summed E-state index contributed by atoms with van der Waals surface area (Å²) in [6.07, 6.45) is -1.42. The van der Waals surface area contributed by atoms with E-state index in [-0.39, 0.29) is 11.5 Å². The third kappa shape index (κ3) is 5.03. The van der Waals surface area contributed by atoms with Crippen molar-refractivity contribution in [2.45, 2.75) is 19.5 Å². The third-order valence-electron chi connectivity index (χ3n) is 4.65. The number of aromatic nitrogens is 4. The molecule has 4 heterocycles. The van der Waals surface area contributed by atoms with Gasteiger partial charge in [-0.25, -0.2) is 19.8 Å². The first-order valence-electron chi connectivity index (χ1n) is 9.83. The predicted octanol–water partition coefficient (Wildman–Crippen LogP) is 1.56. The average Bonchev–Trinajstić information content (AvgIpc) is 3.38. The van der Waals surface area contributed by atoms with Crippen molar-refractivity contribution in [3.8, 4) is 11.1 Å². The Hall–Kier alpha value is -4.14. The SMILES string of the molecule is CCN1NN=C(CCNC(=O)Nc2nc3ccc(-c4cnc(N)c(C(F)(F)F)c4)cn3n2)N1. The summed E-state index contributed by atoms with van der Waals surface area (Å²) in [4.78, 5) is 19.9. The zero-order valence-corrected chi connectivity index (χ0v) is 17.3. The number of alkyl halides is 3. The number of hydrogen-bond acceptors (Lipinski definition) is 9. The van der Waals surface area contributed by atoms with Gasteiger partial charge in [0.2, 0.25) is 0 Å². The second kappa shape index (κ2) is 8.78. The van der Waals surface area contributed by atoms with E-state index in [2.05, 4.69) is 41.8 Å². The number of anilines is 2. The maximum Gasteiger partial charge on any atom is 0.419 e. The number of pyridine rings is 2. The summed E-state index contributed by atoms with van der Waals surface area (Å²) in [7, 11) is 0. The van der Waals surface area contributed by atoms with E-state index in [9.17, 15) is 18.0 Å². The van der Waals surface area contributed by atoms with Gasteiger partial charge in [-0.3, -0.25) is 10.7 Å². The van der Waals surface area contributed by atoms with Gasteiger partial charge >= 0.3 is 12.2 Å². The maximum absolute atomic E-state index is 13.1. The molecule has 33 heavy (non-hydrogen) atoms. The lowest BCUT2D eigenvalue weighted by atomic mass is 10.1. The van der Waals surface area contributed by atoms with Crippen LogP contribution in [0.4, 0.5) is 29.7 Å². The topological polar surface area (TPSA) is 150 Å². The lowest BCUT2D eigenvalue weighted by molar-refractivity contribution is -0.137. The van der Waals surface area contributed by atoms with E-state index in [1.807, 2.05) is 6.92 Å². The molecule has 3 aromatic rings. The first-order valence-corrected chi connectivity index (χ1v) is 9.83. The molecule has 0 saturated carbocycles. The van der Waals surface area contributed by atoms with Gasteiger partial charge in [-0.1, -0.05) is 0 Å². The molecule has 0 aliphatic carbocycles. The number of nitrogens with zero attached hydrogens (tertiary/aromatic N) is 6. The first kappa shape index (κ1) is 22.1. The molecule has 2 amide bonds. The van der Waals surface area contributed by atoms with Crippen LogP contribution in [0.15, 0.2) is 35.7 Å². The van der Waals surface area contributed by atoms with E-state index >= 15 is 0 Å². The average molecular weight is 463 g/mol. The van der Waals surface area contributed by atoms with E-state index in [0.29, 0.717) is 36.6 Å². The van der Waals surface area contributed by atoms with Gasteiger partial charge in [0.15, 0.2) is 5.65 Å². The number of carbonyl (C=O) groups excluding carboxylic acids is 1. The Bertz CT molecular complexity index is 1210. The molecule has 6 N–H and O–H groups in total. The highest BCUT2D eigenvalue weighted by Gasteiger charge is 2.34. The molecule has 0 saturated heterocycles. The minimum absolute atomic E-state index is 0.0335. The number of carbonyl (C=O) groups is 1. The van der Waals surface area contributed by atoms with Gasteiger partial charge < -0.3 is 11.1 Å². The number of nitrogens with one attached hydrogen (secondary N) is 4. The van der Waals surface area contributed by atoms with Crippen molar-refractivity contribution in [1.82, 2.24) is 41.0 Å². The monoisotopic (exact) mass is 463 g/mol. The number of halogens is 3. The number of hydrogen-bond donors (Lipinski definition) is 5. The highest BCUT2D eigenvalue weighted by atomic mass is 19.4. The molecule has 4 rings (SSSR count). The highest BCUT2D eigenvalue weighted by molar-refractivity contribution is 5.88. The summed E-state index contributed by atoms with van der Waals surface area (Å²) in [5.74, 6) is 0.118. The van der Waals surface area contributed by atoms with Crippen LogP contribution >= 0.6 is 0 Å². The number of amides is 2. The maximum atomic E-state index is 13.1. The minimum atomic E-state index is -4.62. The Labute approximate surface area is 185 Å². The van der Waals surface area contributed by atoms with Gasteiger partial charge in [-0.2, -0.15) is 18.2 Å². The Morgan fingerprint density at radius 1 is 1.27 bits per heavy atom. The van der Waals surface area contributed by atoms with Crippen LogP contribution in [-0.2, 0) is 6.18 Å². The number of rotatable bonds is 6. The molecule has 0 bridgehead atoms. The van der Waals surface area contributed by atoms with Crippen LogP contribution in [0.3, 0.4) is 0 Å². The fourth-order valence-corrected chi connectivity index (χ4v) is 3.00. The molecule has 0 fully saturated rings. The number of hydrazone groups is 1. The fourth-order valence-electron chi connectivity index (χ4n) is 3.00. The fraction of sp³-hybridized carbons (Fsp3) is 0.278. The van der Waals surface area contributed by atoms with Gasteiger partial charge in [0.05, 0.1) is 5.56 Å². The number of urea groups is 1. The van der Waals surface area contributed by atoms with Crippen LogP contribution in [-0.4, -0.2) is 49.7 Å². The quantitative estimate of drug-likeness (QED) is 0.370. The second-order valence-corrected chi connectivity index (χ2v) is 6.96. The summed E-state index contributed by atoms with van der Waals surface area (Å²) in [6, 6.07) is 3.55. The van der Waals surface area contributed by atoms with Crippen molar-refractivity contribution < 1.29 is 18.0 Å². The van der Waals surface area contributed by atoms with Crippen molar-refractivity contribution in [3.05, 3.63) is 36.2 Å². The summed E-state index contributed by atoms with van der Waals surface area (Å²) in [6.45, 7) is 2.97. The highest BCUT2D eigenvalue weighted by Crippen LogP contribution is 2.35. The molecular weight excluding hydrogens is 443 g/mol. The summed E-state index contributed by atoms with van der Waals surface area (Å²) < 4.78 is 40.7. The van der Waals surface area contributed by atoms with Gasteiger partial charge in [0.1, 0.15) is 11.7 Å². The summed E-state index contributed by atoms with van der Waals surface area (Å²) in [5.41, 5.74) is 11.1. The van der Waals surface area contributed by atoms with E-state index in [4.69, 9.17) is 5.73 Å². The largest absolute Gasteiger partial charge is 0.419 e.